The molecule has 0 N–H and O–H groups in total. The number of aromatic nitrogens is 4. The zero-order chi connectivity index (χ0) is 32.1. The quantitative estimate of drug-likeness (QED) is 0.200. The number of rotatable bonds is 4. The molecule has 0 unspecified atom stereocenters. The molecular weight excluding hydrogens is 607 g/mol. The molecule has 4 aromatic carbocycles. The van der Waals surface area contributed by atoms with E-state index < -0.39 is 0 Å². The van der Waals surface area contributed by atoms with Crippen molar-refractivity contribution in [1.82, 2.24) is 19.1 Å². The Bertz CT molecular complexity index is 2060. The topological polar surface area (TPSA) is 76.3 Å². The zero-order valence-corrected chi connectivity index (χ0v) is 27.1. The van der Waals surface area contributed by atoms with Crippen LogP contribution in [0.5, 0.6) is 0 Å². The summed E-state index contributed by atoms with van der Waals surface area (Å²) >= 11 is 12.3. The number of hydrogen-bond acceptors (Lipinski definition) is 6. The average Bonchev–Trinajstić information content (AvgIpc) is 3.02. The van der Waals surface area contributed by atoms with Crippen molar-refractivity contribution in [2.45, 2.75) is 20.3 Å². The number of nitrogens with zero attached hydrogens (tertiary/aromatic N) is 6. The van der Waals surface area contributed by atoms with Crippen LogP contribution in [0, 0.1) is 0 Å². The van der Waals surface area contributed by atoms with Crippen LogP contribution in [0.15, 0.2) is 107 Å². The summed E-state index contributed by atoms with van der Waals surface area (Å²) in [7, 11) is 3.73. The Hall–Kier alpha value is -4.66. The first-order chi connectivity index (χ1) is 21.8. The lowest BCUT2D eigenvalue weighted by molar-refractivity contribution is 0.609. The molecule has 0 bridgehead atoms. The summed E-state index contributed by atoms with van der Waals surface area (Å²) in [5.41, 5.74) is 2.51. The fraction of sp³-hybridized carbons (Fsp3) is 0.200. The van der Waals surface area contributed by atoms with Gasteiger partial charge >= 0.3 is 11.4 Å². The molecule has 7 rings (SSSR count). The van der Waals surface area contributed by atoms with E-state index in [0.717, 1.165) is 58.5 Å². The second kappa shape index (κ2) is 14.0. The highest BCUT2D eigenvalue weighted by Gasteiger charge is 2.21. The third kappa shape index (κ3) is 6.57. The van der Waals surface area contributed by atoms with Gasteiger partial charge in [-0.1, -0.05) is 73.4 Å². The maximum atomic E-state index is 12.6. The van der Waals surface area contributed by atoms with Gasteiger partial charge in [-0.25, -0.2) is 9.59 Å². The normalized spacial score (nSPS) is 12.1. The number of para-hydroxylation sites is 2. The van der Waals surface area contributed by atoms with Crippen molar-refractivity contribution in [3.05, 3.63) is 128 Å². The SMILES string of the molecule is CC.CN(C)c1nc(=O)n(-c2ccccc2)c2cc(Cl)ccc12.O=c1nc(N2CCC2)c2ccc(Cl)cc2n1-c1ccccc1. The lowest BCUT2D eigenvalue weighted by Gasteiger charge is -2.33. The van der Waals surface area contributed by atoms with Gasteiger partial charge < -0.3 is 9.80 Å². The molecule has 3 heterocycles. The first-order valence-corrected chi connectivity index (χ1v) is 15.5. The van der Waals surface area contributed by atoms with E-state index in [4.69, 9.17) is 23.2 Å². The van der Waals surface area contributed by atoms with Crippen molar-refractivity contribution in [3.8, 4) is 11.4 Å². The van der Waals surface area contributed by atoms with Crippen LogP contribution in [-0.4, -0.2) is 46.3 Å². The van der Waals surface area contributed by atoms with Crippen molar-refractivity contribution in [1.29, 1.82) is 0 Å². The number of anilines is 2. The highest BCUT2D eigenvalue weighted by Crippen LogP contribution is 2.30. The molecule has 0 radical (unpaired) electrons. The minimum atomic E-state index is -0.320. The molecular formula is C35H34Cl2N6O2. The lowest BCUT2D eigenvalue weighted by atomic mass is 10.1. The summed E-state index contributed by atoms with van der Waals surface area (Å²) in [6, 6.07) is 30.0. The Morgan fingerprint density at radius 2 is 1.11 bits per heavy atom. The monoisotopic (exact) mass is 640 g/mol. The first-order valence-electron chi connectivity index (χ1n) is 14.8. The van der Waals surface area contributed by atoms with Crippen LogP contribution >= 0.6 is 23.2 Å². The van der Waals surface area contributed by atoms with Gasteiger partial charge in [-0.2, -0.15) is 9.97 Å². The molecule has 1 fully saturated rings. The number of hydrogen-bond donors (Lipinski definition) is 0. The van der Waals surface area contributed by atoms with Crippen LogP contribution < -0.4 is 21.2 Å². The summed E-state index contributed by atoms with van der Waals surface area (Å²) in [5, 5.41) is 3.03. The molecule has 0 atom stereocenters. The summed E-state index contributed by atoms with van der Waals surface area (Å²) in [4.78, 5) is 37.5. The van der Waals surface area contributed by atoms with E-state index >= 15 is 0 Å². The van der Waals surface area contributed by atoms with Gasteiger partial charge in [-0.15, -0.1) is 0 Å². The summed E-state index contributed by atoms with van der Waals surface area (Å²) in [6.07, 6.45) is 1.14. The zero-order valence-electron chi connectivity index (χ0n) is 25.6. The molecule has 0 amide bonds. The molecule has 1 aliphatic rings. The highest BCUT2D eigenvalue weighted by molar-refractivity contribution is 6.31. The lowest BCUT2D eigenvalue weighted by Crippen LogP contribution is -2.39. The molecule has 1 saturated heterocycles. The van der Waals surface area contributed by atoms with E-state index in [1.165, 1.54) is 0 Å². The first kappa shape index (κ1) is 31.8. The van der Waals surface area contributed by atoms with Crippen molar-refractivity contribution in [2.24, 2.45) is 0 Å². The average molecular weight is 642 g/mol. The second-order valence-electron chi connectivity index (χ2n) is 10.3. The maximum Gasteiger partial charge on any atom is 0.354 e. The predicted octanol–water partition coefficient (Wildman–Crippen LogP) is 7.38. The molecule has 10 heteroatoms. The van der Waals surface area contributed by atoms with Crippen LogP contribution in [0.4, 0.5) is 11.6 Å². The second-order valence-corrected chi connectivity index (χ2v) is 11.2. The highest BCUT2D eigenvalue weighted by atomic mass is 35.5. The number of fused-ring (bicyclic) bond motifs is 2. The van der Waals surface area contributed by atoms with Gasteiger partial charge in [0.25, 0.3) is 0 Å². The molecule has 0 aliphatic carbocycles. The minimum absolute atomic E-state index is 0.275. The van der Waals surface area contributed by atoms with Gasteiger partial charge in [0.05, 0.1) is 22.4 Å². The Balaban J connectivity index is 0.000000169. The smallest absolute Gasteiger partial charge is 0.354 e. The van der Waals surface area contributed by atoms with Crippen LogP contribution in [0.2, 0.25) is 10.0 Å². The van der Waals surface area contributed by atoms with E-state index in [1.54, 1.807) is 21.3 Å². The molecule has 0 saturated carbocycles. The summed E-state index contributed by atoms with van der Waals surface area (Å²) in [6.45, 7) is 5.89. The third-order valence-corrected chi connectivity index (χ3v) is 7.75. The van der Waals surface area contributed by atoms with Crippen LogP contribution in [0.1, 0.15) is 20.3 Å². The van der Waals surface area contributed by atoms with E-state index in [2.05, 4.69) is 14.9 Å². The van der Waals surface area contributed by atoms with E-state index in [1.807, 2.05) is 118 Å². The number of benzene rings is 4. The van der Waals surface area contributed by atoms with E-state index in [9.17, 15) is 9.59 Å². The van der Waals surface area contributed by atoms with Crippen LogP contribution in [0.25, 0.3) is 33.2 Å². The van der Waals surface area contributed by atoms with E-state index in [-0.39, 0.29) is 11.4 Å². The van der Waals surface area contributed by atoms with E-state index in [0.29, 0.717) is 15.9 Å². The largest absolute Gasteiger partial charge is 0.362 e. The fourth-order valence-corrected chi connectivity index (χ4v) is 5.46. The van der Waals surface area contributed by atoms with Crippen molar-refractivity contribution < 1.29 is 0 Å². The fourth-order valence-electron chi connectivity index (χ4n) is 5.13. The Morgan fingerprint density at radius 3 is 1.58 bits per heavy atom. The Kier molecular flexibility index (Phi) is 9.86. The van der Waals surface area contributed by atoms with Gasteiger partial charge in [-0.05, 0) is 67.1 Å². The van der Waals surface area contributed by atoms with Crippen molar-refractivity contribution in [3.63, 3.8) is 0 Å². The molecule has 0 spiro atoms. The van der Waals surface area contributed by atoms with Crippen LogP contribution in [0.3, 0.4) is 0 Å². The maximum absolute atomic E-state index is 12.6. The van der Waals surface area contributed by atoms with Gasteiger partial charge in [0.1, 0.15) is 11.6 Å². The third-order valence-electron chi connectivity index (χ3n) is 7.28. The van der Waals surface area contributed by atoms with Gasteiger partial charge in [-0.3, -0.25) is 9.13 Å². The van der Waals surface area contributed by atoms with Gasteiger partial charge in [0.2, 0.25) is 0 Å². The van der Waals surface area contributed by atoms with Gasteiger partial charge in [0.15, 0.2) is 0 Å². The Morgan fingerprint density at radius 1 is 0.644 bits per heavy atom. The molecule has 230 valence electrons. The van der Waals surface area contributed by atoms with Gasteiger partial charge in [0, 0.05) is 48.0 Å². The molecule has 1 aliphatic heterocycles. The Labute approximate surface area is 271 Å². The summed E-state index contributed by atoms with van der Waals surface area (Å²) < 4.78 is 3.19. The predicted molar refractivity (Wildman–Crippen MR) is 187 cm³/mol. The molecule has 6 aromatic rings. The molecule has 8 nitrogen and oxygen atoms in total. The standard InChI is InChI=1S/C17H14ClN3O.C16H14ClN3O.C2H6/c18-12-7-8-14-15(11-12)21(13-5-2-1-3-6-13)17(22)19-16(14)20-9-4-10-20;1-19(2)15-13-9-8-11(17)10-14(13)20(16(21)18-15)12-6-4-3-5-7-12;1-2/h1-3,5-8,11H,4,9-10H2;3-10H,1-2H3;1-2H3. The molecule has 45 heavy (non-hydrogen) atoms. The van der Waals surface area contributed by atoms with Crippen LogP contribution in [-0.2, 0) is 0 Å². The molecule has 2 aromatic heterocycles. The summed E-state index contributed by atoms with van der Waals surface area (Å²) in [5.74, 6) is 1.40. The minimum Gasteiger partial charge on any atom is -0.362 e. The van der Waals surface area contributed by atoms with Crippen molar-refractivity contribution >= 4 is 56.6 Å². The van der Waals surface area contributed by atoms with Crippen molar-refractivity contribution in [2.75, 3.05) is 37.0 Å². The number of halogens is 2.